The molecule has 27 heavy (non-hydrogen) atoms. The summed E-state index contributed by atoms with van der Waals surface area (Å²) in [6.07, 6.45) is -0.616. The Balaban J connectivity index is 1.28. The van der Waals surface area contributed by atoms with Crippen molar-refractivity contribution in [2.24, 2.45) is 0 Å². The lowest BCUT2D eigenvalue weighted by molar-refractivity contribution is 0.0397. The number of aryl methyl sites for hydroxylation is 2. The molecule has 9 heteroatoms. The van der Waals surface area contributed by atoms with E-state index in [0.29, 0.717) is 23.3 Å². The Hall–Kier alpha value is -2.36. The quantitative estimate of drug-likeness (QED) is 0.616. The lowest BCUT2D eigenvalue weighted by Gasteiger charge is -2.11. The number of fused-ring (bicyclic) bond motifs is 2. The summed E-state index contributed by atoms with van der Waals surface area (Å²) >= 11 is 1.43. The summed E-state index contributed by atoms with van der Waals surface area (Å²) in [5.41, 5.74) is 2.89. The van der Waals surface area contributed by atoms with Crippen molar-refractivity contribution in [2.75, 3.05) is 19.2 Å². The maximum absolute atomic E-state index is 10.2. The van der Waals surface area contributed by atoms with E-state index in [0.717, 1.165) is 28.5 Å². The van der Waals surface area contributed by atoms with Gasteiger partial charge >= 0.3 is 0 Å². The van der Waals surface area contributed by atoms with Crippen LogP contribution in [0.3, 0.4) is 0 Å². The molecule has 2 aromatic heterocycles. The molecule has 0 saturated carbocycles. The minimum absolute atomic E-state index is 0.231. The molecule has 0 aliphatic carbocycles. The van der Waals surface area contributed by atoms with Gasteiger partial charge in [-0.2, -0.15) is 0 Å². The minimum Gasteiger partial charge on any atom is -0.454 e. The summed E-state index contributed by atoms with van der Waals surface area (Å²) in [5, 5.41) is 19.2. The number of benzene rings is 1. The van der Waals surface area contributed by atoms with E-state index >= 15 is 0 Å². The van der Waals surface area contributed by atoms with Crippen LogP contribution in [0.25, 0.3) is 5.78 Å². The maximum Gasteiger partial charge on any atom is 0.256 e. The SMILES string of the molecule is Cc1cc(C)n2c(SC[C@@H](O)COCc3ccc4c(c3)OCO4)nnc2n1. The minimum atomic E-state index is -0.616. The second-order valence-corrected chi connectivity index (χ2v) is 7.31. The molecule has 8 nitrogen and oxygen atoms in total. The molecule has 1 aromatic carbocycles. The average Bonchev–Trinajstić information content (AvgIpc) is 3.26. The molecule has 0 fully saturated rings. The molecule has 0 unspecified atom stereocenters. The highest BCUT2D eigenvalue weighted by molar-refractivity contribution is 7.99. The Bertz CT molecular complexity index is 962. The fourth-order valence-corrected chi connectivity index (χ4v) is 3.75. The molecular formula is C18H20N4O4S. The van der Waals surface area contributed by atoms with E-state index < -0.39 is 6.10 Å². The first-order chi connectivity index (χ1) is 13.1. The fraction of sp³-hybridized carbons (Fsp3) is 0.389. The Morgan fingerprint density at radius 2 is 2.07 bits per heavy atom. The van der Waals surface area contributed by atoms with Gasteiger partial charge in [-0.25, -0.2) is 4.98 Å². The van der Waals surface area contributed by atoms with Gasteiger partial charge in [0, 0.05) is 17.1 Å². The third kappa shape index (κ3) is 4.00. The van der Waals surface area contributed by atoms with Crippen LogP contribution in [0.15, 0.2) is 29.4 Å². The van der Waals surface area contributed by atoms with Crippen molar-refractivity contribution in [3.05, 3.63) is 41.2 Å². The maximum atomic E-state index is 10.2. The molecule has 0 saturated heterocycles. The molecule has 0 bridgehead atoms. The third-order valence-corrected chi connectivity index (χ3v) is 5.16. The van der Waals surface area contributed by atoms with Crippen LogP contribution < -0.4 is 9.47 Å². The number of ether oxygens (including phenoxy) is 3. The Kier molecular flexibility index (Phi) is 5.15. The Morgan fingerprint density at radius 3 is 2.96 bits per heavy atom. The van der Waals surface area contributed by atoms with Crippen molar-refractivity contribution >= 4 is 17.5 Å². The molecule has 1 N–H and O–H groups in total. The van der Waals surface area contributed by atoms with Gasteiger partial charge in [0.15, 0.2) is 16.7 Å². The topological polar surface area (TPSA) is 91.0 Å². The summed E-state index contributed by atoms with van der Waals surface area (Å²) in [6, 6.07) is 7.66. The predicted octanol–water partition coefficient (Wildman–Crippen LogP) is 2.14. The van der Waals surface area contributed by atoms with E-state index in [9.17, 15) is 5.11 Å². The molecular weight excluding hydrogens is 368 g/mol. The number of hydrogen-bond donors (Lipinski definition) is 1. The number of thioether (sulfide) groups is 1. The van der Waals surface area contributed by atoms with Crippen LogP contribution in [0.1, 0.15) is 17.0 Å². The highest BCUT2D eigenvalue weighted by Gasteiger charge is 2.15. The number of nitrogens with zero attached hydrogens (tertiary/aromatic N) is 4. The van der Waals surface area contributed by atoms with Crippen molar-refractivity contribution in [1.29, 1.82) is 0 Å². The Labute approximate surface area is 160 Å². The van der Waals surface area contributed by atoms with E-state index in [1.54, 1.807) is 0 Å². The fourth-order valence-electron chi connectivity index (χ4n) is 2.86. The number of aliphatic hydroxyl groups excluding tert-OH is 1. The average molecular weight is 388 g/mol. The molecule has 3 aromatic rings. The first kappa shape index (κ1) is 18.0. The first-order valence-electron chi connectivity index (χ1n) is 8.56. The summed E-state index contributed by atoms with van der Waals surface area (Å²) in [4.78, 5) is 4.36. The van der Waals surface area contributed by atoms with Gasteiger partial charge in [-0.3, -0.25) is 4.40 Å². The van der Waals surface area contributed by atoms with Crippen LogP contribution in [-0.2, 0) is 11.3 Å². The molecule has 0 spiro atoms. The summed E-state index contributed by atoms with van der Waals surface area (Å²) in [6.45, 7) is 4.79. The Morgan fingerprint density at radius 1 is 1.22 bits per heavy atom. The molecule has 3 heterocycles. The first-order valence-corrected chi connectivity index (χ1v) is 9.55. The highest BCUT2D eigenvalue weighted by Crippen LogP contribution is 2.32. The summed E-state index contributed by atoms with van der Waals surface area (Å²) in [5.74, 6) is 2.50. The van der Waals surface area contributed by atoms with Gasteiger partial charge < -0.3 is 19.3 Å². The van der Waals surface area contributed by atoms with Gasteiger partial charge in [-0.1, -0.05) is 17.8 Å². The van der Waals surface area contributed by atoms with Crippen molar-refractivity contribution in [1.82, 2.24) is 19.6 Å². The smallest absolute Gasteiger partial charge is 0.256 e. The van der Waals surface area contributed by atoms with Gasteiger partial charge in [-0.05, 0) is 37.6 Å². The van der Waals surface area contributed by atoms with Crippen LogP contribution in [0.4, 0.5) is 0 Å². The van der Waals surface area contributed by atoms with Crippen LogP contribution in [0.5, 0.6) is 11.5 Å². The van der Waals surface area contributed by atoms with E-state index in [-0.39, 0.29) is 13.4 Å². The van der Waals surface area contributed by atoms with E-state index in [1.165, 1.54) is 11.8 Å². The molecule has 4 rings (SSSR count). The van der Waals surface area contributed by atoms with Gasteiger partial charge in [-0.15, -0.1) is 10.2 Å². The van der Waals surface area contributed by atoms with Gasteiger partial charge in [0.1, 0.15) is 0 Å². The van der Waals surface area contributed by atoms with Gasteiger partial charge in [0.25, 0.3) is 5.78 Å². The van der Waals surface area contributed by atoms with Crippen LogP contribution in [0, 0.1) is 13.8 Å². The number of rotatable bonds is 7. The van der Waals surface area contributed by atoms with Crippen molar-refractivity contribution in [3.63, 3.8) is 0 Å². The number of hydrogen-bond acceptors (Lipinski definition) is 8. The summed E-state index contributed by atoms with van der Waals surface area (Å²) < 4.78 is 18.1. The normalized spacial score (nSPS) is 14.0. The molecule has 1 aliphatic heterocycles. The van der Waals surface area contributed by atoms with Crippen molar-refractivity contribution in [3.8, 4) is 11.5 Å². The lowest BCUT2D eigenvalue weighted by atomic mass is 10.2. The zero-order chi connectivity index (χ0) is 18.8. The molecule has 1 aliphatic rings. The van der Waals surface area contributed by atoms with Crippen molar-refractivity contribution in [2.45, 2.75) is 31.7 Å². The molecule has 0 radical (unpaired) electrons. The molecule has 142 valence electrons. The van der Waals surface area contributed by atoms with E-state index in [4.69, 9.17) is 14.2 Å². The van der Waals surface area contributed by atoms with Crippen LogP contribution >= 0.6 is 11.8 Å². The zero-order valence-electron chi connectivity index (χ0n) is 15.1. The van der Waals surface area contributed by atoms with Gasteiger partial charge in [0.2, 0.25) is 6.79 Å². The standard InChI is InChI=1S/C18H20N4O4S/c1-11-5-12(2)22-17(19-11)20-21-18(22)27-9-14(23)8-24-7-13-3-4-15-16(6-13)26-10-25-15/h3-6,14,23H,7-10H2,1-2H3/t14-/m0/s1. The molecule has 1 atom stereocenters. The number of aliphatic hydroxyl groups is 1. The largest absolute Gasteiger partial charge is 0.454 e. The monoisotopic (exact) mass is 388 g/mol. The second-order valence-electron chi connectivity index (χ2n) is 6.32. The predicted molar refractivity (Wildman–Crippen MR) is 99.2 cm³/mol. The lowest BCUT2D eigenvalue weighted by Crippen LogP contribution is -2.18. The van der Waals surface area contributed by atoms with Crippen LogP contribution in [0.2, 0.25) is 0 Å². The zero-order valence-corrected chi connectivity index (χ0v) is 15.9. The van der Waals surface area contributed by atoms with E-state index in [2.05, 4.69) is 15.2 Å². The van der Waals surface area contributed by atoms with Crippen molar-refractivity contribution < 1.29 is 19.3 Å². The van der Waals surface area contributed by atoms with E-state index in [1.807, 2.05) is 42.5 Å². The van der Waals surface area contributed by atoms with Crippen LogP contribution in [-0.4, -0.2) is 49.9 Å². The third-order valence-electron chi connectivity index (χ3n) is 4.08. The van der Waals surface area contributed by atoms with Gasteiger partial charge in [0.05, 0.1) is 19.3 Å². The summed E-state index contributed by atoms with van der Waals surface area (Å²) in [7, 11) is 0. The highest BCUT2D eigenvalue weighted by atomic mass is 32.2. The number of aromatic nitrogens is 4. The second kappa shape index (κ2) is 7.71. The molecule has 0 amide bonds.